The van der Waals surface area contributed by atoms with Gasteiger partial charge in [-0.05, 0) is 32.4 Å². The Hall–Kier alpha value is -2.16. The predicted molar refractivity (Wildman–Crippen MR) is 95.3 cm³/mol. The highest BCUT2D eigenvalue weighted by molar-refractivity contribution is 5.93. The summed E-state index contributed by atoms with van der Waals surface area (Å²) in [6.45, 7) is 4.05. The number of rotatable bonds is 10. The van der Waals surface area contributed by atoms with Gasteiger partial charge in [0.25, 0.3) is 0 Å². The number of nitrogens with one attached hydrogen (secondary N) is 2. The number of ether oxygens (including phenoxy) is 3. The van der Waals surface area contributed by atoms with E-state index in [1.807, 2.05) is 19.9 Å². The Bertz CT molecular complexity index is 566. The standard InChI is InChI=1S/C17H26F3N3O3/c1-4-21-16(22-9-6-10-25-12-17(18,19)20)23-13-7-8-14(24-3)15(11-13)26-5-2/h7-8,11H,4-6,9-10,12H2,1-3H3,(H2,21,22,23). The number of hydrogen-bond acceptors (Lipinski definition) is 4. The van der Waals surface area contributed by atoms with Gasteiger partial charge in [0, 0.05) is 31.5 Å². The summed E-state index contributed by atoms with van der Waals surface area (Å²) < 4.78 is 51.3. The van der Waals surface area contributed by atoms with Gasteiger partial charge in [-0.15, -0.1) is 0 Å². The summed E-state index contributed by atoms with van der Waals surface area (Å²) in [6, 6.07) is 5.39. The summed E-state index contributed by atoms with van der Waals surface area (Å²) >= 11 is 0. The number of methoxy groups -OCH3 is 1. The molecule has 0 fully saturated rings. The molecule has 0 unspecified atom stereocenters. The zero-order valence-electron chi connectivity index (χ0n) is 15.3. The lowest BCUT2D eigenvalue weighted by Gasteiger charge is -2.14. The van der Waals surface area contributed by atoms with E-state index in [0.29, 0.717) is 43.6 Å². The molecule has 0 aromatic heterocycles. The van der Waals surface area contributed by atoms with Gasteiger partial charge in [-0.2, -0.15) is 13.2 Å². The third kappa shape index (κ3) is 8.80. The van der Waals surface area contributed by atoms with Gasteiger partial charge in [0.15, 0.2) is 17.5 Å². The molecule has 0 saturated carbocycles. The highest BCUT2D eigenvalue weighted by atomic mass is 19.4. The average molecular weight is 377 g/mol. The SMILES string of the molecule is CCNC(=NCCCOCC(F)(F)F)Nc1ccc(OC)c(OCC)c1. The number of alkyl halides is 3. The fraction of sp³-hybridized carbons (Fsp3) is 0.588. The Morgan fingerprint density at radius 3 is 2.58 bits per heavy atom. The molecule has 0 aliphatic rings. The van der Waals surface area contributed by atoms with Crippen LogP contribution in [-0.4, -0.2) is 52.2 Å². The van der Waals surface area contributed by atoms with Gasteiger partial charge < -0.3 is 24.8 Å². The zero-order valence-corrected chi connectivity index (χ0v) is 15.3. The van der Waals surface area contributed by atoms with Crippen LogP contribution in [0.3, 0.4) is 0 Å². The van der Waals surface area contributed by atoms with Crippen LogP contribution in [0.2, 0.25) is 0 Å². The first-order chi connectivity index (χ1) is 12.4. The molecule has 0 spiro atoms. The molecule has 2 N–H and O–H groups in total. The average Bonchev–Trinajstić information content (AvgIpc) is 2.57. The van der Waals surface area contributed by atoms with Crippen LogP contribution in [0.25, 0.3) is 0 Å². The van der Waals surface area contributed by atoms with E-state index in [1.165, 1.54) is 0 Å². The van der Waals surface area contributed by atoms with Crippen LogP contribution in [0, 0.1) is 0 Å². The number of hydrogen-bond donors (Lipinski definition) is 2. The number of anilines is 1. The van der Waals surface area contributed by atoms with Crippen molar-refractivity contribution in [3.8, 4) is 11.5 Å². The van der Waals surface area contributed by atoms with E-state index < -0.39 is 12.8 Å². The molecule has 0 bridgehead atoms. The molecule has 0 aliphatic heterocycles. The van der Waals surface area contributed by atoms with E-state index in [1.54, 1.807) is 19.2 Å². The minimum atomic E-state index is -4.30. The van der Waals surface area contributed by atoms with Crippen molar-refractivity contribution < 1.29 is 27.4 Å². The predicted octanol–water partition coefficient (Wildman–Crippen LogP) is 3.44. The van der Waals surface area contributed by atoms with Crippen molar-refractivity contribution in [2.75, 3.05) is 45.3 Å². The maximum absolute atomic E-state index is 12.0. The fourth-order valence-corrected chi connectivity index (χ4v) is 2.01. The van der Waals surface area contributed by atoms with E-state index in [4.69, 9.17) is 9.47 Å². The van der Waals surface area contributed by atoms with Crippen LogP contribution in [0.4, 0.5) is 18.9 Å². The first-order valence-electron chi connectivity index (χ1n) is 8.40. The van der Waals surface area contributed by atoms with Crippen LogP contribution in [0.1, 0.15) is 20.3 Å². The summed E-state index contributed by atoms with van der Waals surface area (Å²) in [4.78, 5) is 4.32. The van der Waals surface area contributed by atoms with Gasteiger partial charge in [-0.25, -0.2) is 0 Å². The van der Waals surface area contributed by atoms with Gasteiger partial charge in [0.05, 0.1) is 13.7 Å². The Kier molecular flexibility index (Phi) is 9.64. The van der Waals surface area contributed by atoms with Crippen LogP contribution in [0.5, 0.6) is 11.5 Å². The third-order valence-electron chi connectivity index (χ3n) is 3.05. The summed E-state index contributed by atoms with van der Waals surface area (Å²) in [5.74, 6) is 1.76. The number of aliphatic imine (C=N–C) groups is 1. The molecule has 26 heavy (non-hydrogen) atoms. The van der Waals surface area contributed by atoms with E-state index in [2.05, 4.69) is 20.4 Å². The molecule has 1 rings (SSSR count). The van der Waals surface area contributed by atoms with E-state index in [9.17, 15) is 13.2 Å². The van der Waals surface area contributed by atoms with Gasteiger partial charge in [0.1, 0.15) is 6.61 Å². The second-order valence-corrected chi connectivity index (χ2v) is 5.21. The van der Waals surface area contributed by atoms with Crippen molar-refractivity contribution in [3.63, 3.8) is 0 Å². The highest BCUT2D eigenvalue weighted by Gasteiger charge is 2.27. The van der Waals surface area contributed by atoms with Crippen LogP contribution >= 0.6 is 0 Å². The van der Waals surface area contributed by atoms with Crippen molar-refractivity contribution in [2.24, 2.45) is 4.99 Å². The Labute approximate surface area is 151 Å². The van der Waals surface area contributed by atoms with E-state index in [-0.39, 0.29) is 6.61 Å². The normalized spacial score (nSPS) is 12.0. The molecule has 9 heteroatoms. The molecule has 1 aromatic rings. The number of guanidine groups is 1. The maximum atomic E-state index is 12.0. The second-order valence-electron chi connectivity index (χ2n) is 5.21. The Balaban J connectivity index is 2.59. The maximum Gasteiger partial charge on any atom is 0.411 e. The zero-order chi connectivity index (χ0) is 19.4. The van der Waals surface area contributed by atoms with Crippen molar-refractivity contribution in [2.45, 2.75) is 26.4 Å². The lowest BCUT2D eigenvalue weighted by atomic mass is 10.2. The smallest absolute Gasteiger partial charge is 0.411 e. The molecule has 148 valence electrons. The van der Waals surface area contributed by atoms with Gasteiger partial charge in [-0.1, -0.05) is 0 Å². The molecular formula is C17H26F3N3O3. The minimum absolute atomic E-state index is 0.000557. The quantitative estimate of drug-likeness (QED) is 0.372. The van der Waals surface area contributed by atoms with Gasteiger partial charge in [-0.3, -0.25) is 4.99 Å². The highest BCUT2D eigenvalue weighted by Crippen LogP contribution is 2.30. The molecule has 0 saturated heterocycles. The van der Waals surface area contributed by atoms with Gasteiger partial charge in [0.2, 0.25) is 0 Å². The molecule has 0 heterocycles. The second kappa shape index (κ2) is 11.5. The van der Waals surface area contributed by atoms with E-state index >= 15 is 0 Å². The minimum Gasteiger partial charge on any atom is -0.493 e. The summed E-state index contributed by atoms with van der Waals surface area (Å²) in [5.41, 5.74) is 0.752. The molecular weight excluding hydrogens is 351 g/mol. The monoisotopic (exact) mass is 377 g/mol. The van der Waals surface area contributed by atoms with Crippen molar-refractivity contribution in [3.05, 3.63) is 18.2 Å². The Morgan fingerprint density at radius 1 is 1.19 bits per heavy atom. The molecule has 0 aliphatic carbocycles. The number of nitrogens with zero attached hydrogens (tertiary/aromatic N) is 1. The first kappa shape index (κ1) is 21.9. The lowest BCUT2D eigenvalue weighted by molar-refractivity contribution is -0.173. The molecule has 0 atom stereocenters. The van der Waals surface area contributed by atoms with Crippen molar-refractivity contribution in [1.29, 1.82) is 0 Å². The number of benzene rings is 1. The first-order valence-corrected chi connectivity index (χ1v) is 8.40. The number of halogens is 3. The molecule has 0 amide bonds. The van der Waals surface area contributed by atoms with Crippen LogP contribution < -0.4 is 20.1 Å². The summed E-state index contributed by atoms with van der Waals surface area (Å²) in [7, 11) is 1.57. The Morgan fingerprint density at radius 2 is 1.96 bits per heavy atom. The van der Waals surface area contributed by atoms with Gasteiger partial charge >= 0.3 is 6.18 Å². The lowest BCUT2D eigenvalue weighted by Crippen LogP contribution is -2.30. The van der Waals surface area contributed by atoms with Crippen LogP contribution in [-0.2, 0) is 4.74 Å². The topological polar surface area (TPSA) is 64.1 Å². The fourth-order valence-electron chi connectivity index (χ4n) is 2.01. The molecule has 0 radical (unpaired) electrons. The molecule has 1 aromatic carbocycles. The largest absolute Gasteiger partial charge is 0.493 e. The molecule has 6 nitrogen and oxygen atoms in total. The third-order valence-corrected chi connectivity index (χ3v) is 3.05. The van der Waals surface area contributed by atoms with Crippen LogP contribution in [0.15, 0.2) is 23.2 Å². The van der Waals surface area contributed by atoms with Crippen molar-refractivity contribution in [1.82, 2.24) is 5.32 Å². The summed E-state index contributed by atoms with van der Waals surface area (Å²) in [6.07, 6.45) is -3.91. The van der Waals surface area contributed by atoms with Crippen molar-refractivity contribution >= 4 is 11.6 Å². The summed E-state index contributed by atoms with van der Waals surface area (Å²) in [5, 5.41) is 6.20. The van der Waals surface area contributed by atoms with E-state index in [0.717, 1.165) is 5.69 Å².